The maximum Gasteiger partial charge on any atom is 0.254 e. The quantitative estimate of drug-likeness (QED) is 0.232. The molecule has 0 unspecified atom stereocenters. The fourth-order valence-corrected chi connectivity index (χ4v) is 5.19. The lowest BCUT2D eigenvalue weighted by Gasteiger charge is -2.36. The van der Waals surface area contributed by atoms with Gasteiger partial charge in [0.15, 0.2) is 5.82 Å². The molecule has 0 bridgehead atoms. The second-order valence-corrected chi connectivity index (χ2v) is 11.2. The molecule has 2 heterocycles. The number of carbonyl (C=O) groups is 2. The molecule has 8 heteroatoms. The number of halogens is 1. The molecule has 1 aromatic heterocycles. The van der Waals surface area contributed by atoms with E-state index < -0.39 is 0 Å². The molecule has 3 aromatic carbocycles. The molecule has 42 heavy (non-hydrogen) atoms. The minimum absolute atomic E-state index is 0.0411. The van der Waals surface area contributed by atoms with Crippen LogP contribution in [0, 0.1) is 5.92 Å². The summed E-state index contributed by atoms with van der Waals surface area (Å²) in [7, 11) is 0. The molecule has 5 rings (SSSR count). The van der Waals surface area contributed by atoms with Crippen LogP contribution in [0.15, 0.2) is 91.0 Å². The number of hydrogen-bond acceptors (Lipinski definition) is 5. The van der Waals surface area contributed by atoms with Gasteiger partial charge in [0.25, 0.3) is 5.91 Å². The molecule has 1 aliphatic rings. The SMILES string of the molecule is CC[C@@H](C)CN(CC(=O)N1CCN(c2ccc(-c3ccc(-c4ccccc4)cc3)nn2)CC1)C(=O)c1ccc(Cl)cc1. The normalized spacial score (nSPS) is 14.0. The van der Waals surface area contributed by atoms with Crippen LogP contribution in [0.3, 0.4) is 0 Å². The van der Waals surface area contributed by atoms with E-state index in [1.807, 2.05) is 35.2 Å². The highest BCUT2D eigenvalue weighted by molar-refractivity contribution is 6.30. The van der Waals surface area contributed by atoms with Gasteiger partial charge >= 0.3 is 0 Å². The molecule has 1 aliphatic heterocycles. The Kier molecular flexibility index (Phi) is 9.49. The maximum atomic E-state index is 13.3. The summed E-state index contributed by atoms with van der Waals surface area (Å²) >= 11 is 6.01. The van der Waals surface area contributed by atoms with E-state index in [9.17, 15) is 9.59 Å². The second kappa shape index (κ2) is 13.6. The van der Waals surface area contributed by atoms with Crippen molar-refractivity contribution in [2.45, 2.75) is 20.3 Å². The Hall–Kier alpha value is -4.23. The van der Waals surface area contributed by atoms with Crippen LogP contribution >= 0.6 is 11.6 Å². The number of carbonyl (C=O) groups excluding carboxylic acids is 2. The fourth-order valence-electron chi connectivity index (χ4n) is 5.06. The number of piperazine rings is 1. The molecule has 7 nitrogen and oxygen atoms in total. The van der Waals surface area contributed by atoms with Crippen molar-refractivity contribution in [3.05, 3.63) is 102 Å². The third kappa shape index (κ3) is 7.15. The lowest BCUT2D eigenvalue weighted by atomic mass is 10.0. The third-order valence-corrected chi connectivity index (χ3v) is 8.08. The maximum absolute atomic E-state index is 13.3. The van der Waals surface area contributed by atoms with Crippen molar-refractivity contribution < 1.29 is 9.59 Å². The van der Waals surface area contributed by atoms with E-state index in [4.69, 9.17) is 11.6 Å². The highest BCUT2D eigenvalue weighted by Crippen LogP contribution is 2.24. The number of amides is 2. The highest BCUT2D eigenvalue weighted by Gasteiger charge is 2.26. The molecule has 0 radical (unpaired) electrons. The third-order valence-electron chi connectivity index (χ3n) is 7.83. The van der Waals surface area contributed by atoms with Gasteiger partial charge in [-0.2, -0.15) is 0 Å². The Balaban J connectivity index is 1.17. The summed E-state index contributed by atoms with van der Waals surface area (Å²) in [5, 5.41) is 9.55. The van der Waals surface area contributed by atoms with Crippen LogP contribution in [0.2, 0.25) is 5.02 Å². The van der Waals surface area contributed by atoms with Crippen molar-refractivity contribution in [3.63, 3.8) is 0 Å². The van der Waals surface area contributed by atoms with Crippen molar-refractivity contribution in [2.24, 2.45) is 5.92 Å². The average molecular weight is 582 g/mol. The molecule has 0 spiro atoms. The average Bonchev–Trinajstić information content (AvgIpc) is 3.05. The van der Waals surface area contributed by atoms with Crippen molar-refractivity contribution >= 4 is 29.2 Å². The summed E-state index contributed by atoms with van der Waals surface area (Å²) < 4.78 is 0. The van der Waals surface area contributed by atoms with Gasteiger partial charge in [0.1, 0.15) is 6.54 Å². The summed E-state index contributed by atoms with van der Waals surface area (Å²) in [6, 6.07) is 29.4. The van der Waals surface area contributed by atoms with Gasteiger partial charge in [-0.1, -0.05) is 86.5 Å². The van der Waals surface area contributed by atoms with Gasteiger partial charge < -0.3 is 14.7 Å². The predicted octanol–water partition coefficient (Wildman–Crippen LogP) is 6.30. The number of aromatic nitrogens is 2. The van der Waals surface area contributed by atoms with Gasteiger partial charge in [-0.25, -0.2) is 0 Å². The van der Waals surface area contributed by atoms with Crippen molar-refractivity contribution in [1.82, 2.24) is 20.0 Å². The van der Waals surface area contributed by atoms with Crippen molar-refractivity contribution in [1.29, 1.82) is 0 Å². The molecule has 1 saturated heterocycles. The Labute approximate surface area is 252 Å². The van der Waals surface area contributed by atoms with Crippen LogP contribution in [0.1, 0.15) is 30.6 Å². The molecule has 0 N–H and O–H groups in total. The zero-order valence-electron chi connectivity index (χ0n) is 24.1. The summed E-state index contributed by atoms with van der Waals surface area (Å²) in [6.45, 7) is 7.21. The number of nitrogens with zero attached hydrogens (tertiary/aromatic N) is 5. The number of benzene rings is 3. The first kappa shape index (κ1) is 29.3. The molecule has 216 valence electrons. The Bertz CT molecular complexity index is 1470. The summed E-state index contributed by atoms with van der Waals surface area (Å²) in [5.41, 5.74) is 4.71. The first-order valence-corrected chi connectivity index (χ1v) is 14.9. The first-order chi connectivity index (χ1) is 20.4. The summed E-state index contributed by atoms with van der Waals surface area (Å²) in [6.07, 6.45) is 0.927. The second-order valence-electron chi connectivity index (χ2n) is 10.8. The molecule has 0 saturated carbocycles. The lowest BCUT2D eigenvalue weighted by molar-refractivity contribution is -0.132. The number of hydrogen-bond donors (Lipinski definition) is 0. The highest BCUT2D eigenvalue weighted by atomic mass is 35.5. The standard InChI is InChI=1S/C34H36ClN5O2/c1-3-25(2)23-40(34(42)29-13-15-30(35)16-14-29)24-33(41)39-21-19-38(20-22-39)32-18-17-31(36-37-32)28-11-9-27(10-12-28)26-7-5-4-6-8-26/h4-18,25H,3,19-24H2,1-2H3/t25-/m1/s1. The molecular weight excluding hydrogens is 546 g/mol. The zero-order chi connectivity index (χ0) is 29.5. The van der Waals surface area contributed by atoms with Gasteiger partial charge in [0.05, 0.1) is 5.69 Å². The molecule has 1 fully saturated rings. The van der Waals surface area contributed by atoms with Crippen LogP contribution in [0.5, 0.6) is 0 Å². The summed E-state index contributed by atoms with van der Waals surface area (Å²) in [5.74, 6) is 0.891. The fraction of sp³-hybridized carbons (Fsp3) is 0.294. The minimum Gasteiger partial charge on any atom is -0.352 e. The van der Waals surface area contributed by atoms with Gasteiger partial charge in [-0.15, -0.1) is 10.2 Å². The van der Waals surface area contributed by atoms with Gasteiger partial charge in [0.2, 0.25) is 5.91 Å². The van der Waals surface area contributed by atoms with E-state index in [2.05, 4.69) is 65.3 Å². The van der Waals surface area contributed by atoms with Crippen LogP contribution in [0.25, 0.3) is 22.4 Å². The van der Waals surface area contributed by atoms with Gasteiger partial charge in [-0.3, -0.25) is 9.59 Å². The van der Waals surface area contributed by atoms with Gasteiger partial charge in [0, 0.05) is 48.9 Å². The van der Waals surface area contributed by atoms with Crippen molar-refractivity contribution in [3.8, 4) is 22.4 Å². The van der Waals surface area contributed by atoms with E-state index in [1.54, 1.807) is 29.2 Å². The van der Waals surface area contributed by atoms with E-state index in [-0.39, 0.29) is 24.3 Å². The topological polar surface area (TPSA) is 69.6 Å². The van der Waals surface area contributed by atoms with Crippen molar-refractivity contribution in [2.75, 3.05) is 44.2 Å². The van der Waals surface area contributed by atoms with E-state index >= 15 is 0 Å². The molecule has 0 aliphatic carbocycles. The Morgan fingerprint density at radius 1 is 0.810 bits per heavy atom. The zero-order valence-corrected chi connectivity index (χ0v) is 24.9. The Morgan fingerprint density at radius 3 is 2.07 bits per heavy atom. The largest absolute Gasteiger partial charge is 0.352 e. The molecular formula is C34H36ClN5O2. The molecule has 2 amide bonds. The van der Waals surface area contributed by atoms with E-state index in [1.165, 1.54) is 5.56 Å². The monoisotopic (exact) mass is 581 g/mol. The number of anilines is 1. The van der Waals surface area contributed by atoms with Gasteiger partial charge in [-0.05, 0) is 53.4 Å². The lowest BCUT2D eigenvalue weighted by Crippen LogP contribution is -2.52. The Morgan fingerprint density at radius 2 is 1.45 bits per heavy atom. The predicted molar refractivity (Wildman–Crippen MR) is 169 cm³/mol. The molecule has 4 aromatic rings. The number of rotatable bonds is 9. The van der Waals surface area contributed by atoms with E-state index in [0.717, 1.165) is 29.1 Å². The van der Waals surface area contributed by atoms with Crippen LogP contribution in [-0.4, -0.2) is 71.1 Å². The van der Waals surface area contributed by atoms with Crippen LogP contribution < -0.4 is 4.90 Å². The minimum atomic E-state index is -0.149. The smallest absolute Gasteiger partial charge is 0.254 e. The van der Waals surface area contributed by atoms with Crippen LogP contribution in [-0.2, 0) is 4.79 Å². The molecule has 1 atom stereocenters. The van der Waals surface area contributed by atoms with Crippen LogP contribution in [0.4, 0.5) is 5.82 Å². The first-order valence-electron chi connectivity index (χ1n) is 14.5. The van der Waals surface area contributed by atoms with E-state index in [0.29, 0.717) is 43.3 Å². The summed E-state index contributed by atoms with van der Waals surface area (Å²) in [4.78, 5) is 32.2.